The summed E-state index contributed by atoms with van der Waals surface area (Å²) in [4.78, 5) is 11.1. The van der Waals surface area contributed by atoms with Gasteiger partial charge in [0.25, 0.3) is 7.82 Å². The number of phosphoric acid groups is 1. The van der Waals surface area contributed by atoms with Crippen LogP contribution >= 0.6 is 7.82 Å². The second-order valence-corrected chi connectivity index (χ2v) is 7.71. The molecule has 0 spiro atoms. The Morgan fingerprint density at radius 3 is 1.42 bits per heavy atom. The average molecular weight is 372 g/mol. The monoisotopic (exact) mass is 372 g/mol. The Morgan fingerprint density at radius 2 is 1.04 bits per heavy atom. The number of hydrogen-bond acceptors (Lipinski definition) is 4. The standard InChI is InChI=1S/C18H39O4P.Na/c1-3-5-6-7-8-9-10-11-12-13-14-15-16-17-18-22-23(19,20)21-4-2;/h3-18H2,1-2H3,(H,19,20);/q;+1/p-1. The Kier molecular flexibility index (Phi) is 23.3. The summed E-state index contributed by atoms with van der Waals surface area (Å²) < 4.78 is 20.4. The van der Waals surface area contributed by atoms with E-state index in [-0.39, 0.29) is 42.8 Å². The van der Waals surface area contributed by atoms with E-state index in [0.717, 1.165) is 19.3 Å². The van der Waals surface area contributed by atoms with Crippen molar-refractivity contribution >= 4 is 7.82 Å². The van der Waals surface area contributed by atoms with Crippen molar-refractivity contribution in [3.63, 3.8) is 0 Å². The molecule has 0 aromatic heterocycles. The molecule has 0 bridgehead atoms. The van der Waals surface area contributed by atoms with Gasteiger partial charge in [0, 0.05) is 0 Å². The van der Waals surface area contributed by atoms with Gasteiger partial charge in [-0.3, -0.25) is 4.57 Å². The Bertz CT molecular complexity index is 290. The van der Waals surface area contributed by atoms with E-state index in [0.29, 0.717) is 0 Å². The minimum absolute atomic E-state index is 0. The molecule has 0 heterocycles. The maximum absolute atomic E-state index is 11.1. The third-order valence-electron chi connectivity index (χ3n) is 4.03. The van der Waals surface area contributed by atoms with Crippen LogP contribution in [0.3, 0.4) is 0 Å². The fourth-order valence-electron chi connectivity index (χ4n) is 2.67. The number of unbranched alkanes of at least 4 members (excludes halogenated alkanes) is 13. The Hall–Kier alpha value is 1.11. The Morgan fingerprint density at radius 1 is 0.667 bits per heavy atom. The summed E-state index contributed by atoms with van der Waals surface area (Å²) in [6, 6.07) is 0. The molecule has 0 amide bonds. The van der Waals surface area contributed by atoms with Crippen LogP contribution in [0.1, 0.15) is 104 Å². The van der Waals surface area contributed by atoms with Crippen molar-refractivity contribution in [3.05, 3.63) is 0 Å². The quantitative estimate of drug-likeness (QED) is 0.211. The molecule has 0 N–H and O–H groups in total. The first-order chi connectivity index (χ1) is 11.1. The summed E-state index contributed by atoms with van der Waals surface area (Å²) in [6.07, 6.45) is 18.0. The molecule has 0 aromatic carbocycles. The maximum Gasteiger partial charge on any atom is 1.00 e. The van der Waals surface area contributed by atoms with Crippen LogP contribution < -0.4 is 34.5 Å². The summed E-state index contributed by atoms with van der Waals surface area (Å²) in [6.45, 7) is 4.29. The third kappa shape index (κ3) is 21.2. The van der Waals surface area contributed by atoms with Crippen LogP contribution in [0.4, 0.5) is 0 Å². The molecule has 0 saturated carbocycles. The predicted octanol–water partition coefficient (Wildman–Crippen LogP) is 2.99. The van der Waals surface area contributed by atoms with Crippen LogP contribution in [0.2, 0.25) is 0 Å². The molecule has 6 heteroatoms. The normalized spacial score (nSPS) is 13.5. The van der Waals surface area contributed by atoms with Gasteiger partial charge in [-0.05, 0) is 13.3 Å². The largest absolute Gasteiger partial charge is 1.00 e. The van der Waals surface area contributed by atoms with Gasteiger partial charge in [-0.25, -0.2) is 0 Å². The topological polar surface area (TPSA) is 58.6 Å². The molecule has 0 aliphatic carbocycles. The average Bonchev–Trinajstić information content (AvgIpc) is 2.51. The van der Waals surface area contributed by atoms with E-state index in [2.05, 4.69) is 11.4 Å². The first-order valence-corrected chi connectivity index (χ1v) is 11.2. The third-order valence-corrected chi connectivity index (χ3v) is 5.11. The van der Waals surface area contributed by atoms with Crippen LogP contribution in [0, 0.1) is 0 Å². The van der Waals surface area contributed by atoms with Gasteiger partial charge in [0.1, 0.15) is 0 Å². The van der Waals surface area contributed by atoms with Gasteiger partial charge < -0.3 is 13.9 Å². The van der Waals surface area contributed by atoms with E-state index in [9.17, 15) is 9.46 Å². The fourth-order valence-corrected chi connectivity index (χ4v) is 3.41. The fraction of sp³-hybridized carbons (Fsp3) is 1.00. The van der Waals surface area contributed by atoms with E-state index < -0.39 is 7.82 Å². The van der Waals surface area contributed by atoms with Gasteiger partial charge in [-0.2, -0.15) is 0 Å². The van der Waals surface area contributed by atoms with E-state index in [1.165, 1.54) is 70.6 Å². The van der Waals surface area contributed by atoms with E-state index in [1.807, 2.05) is 0 Å². The molecule has 0 aliphatic heterocycles. The minimum Gasteiger partial charge on any atom is -0.756 e. The zero-order chi connectivity index (χ0) is 17.2. The molecule has 0 saturated heterocycles. The van der Waals surface area contributed by atoms with Crippen LogP contribution in [0.5, 0.6) is 0 Å². The maximum atomic E-state index is 11.1. The summed E-state index contributed by atoms with van der Waals surface area (Å²) in [5.41, 5.74) is 0. The van der Waals surface area contributed by atoms with Gasteiger partial charge in [0.05, 0.1) is 13.2 Å². The van der Waals surface area contributed by atoms with Gasteiger partial charge in [-0.1, -0.05) is 90.4 Å². The van der Waals surface area contributed by atoms with Crippen LogP contribution in [0.15, 0.2) is 0 Å². The van der Waals surface area contributed by atoms with E-state index in [1.54, 1.807) is 6.92 Å². The molecule has 24 heavy (non-hydrogen) atoms. The first-order valence-electron chi connectivity index (χ1n) is 9.72. The number of hydrogen-bond donors (Lipinski definition) is 0. The van der Waals surface area contributed by atoms with E-state index >= 15 is 0 Å². The Labute approximate surface area is 172 Å². The molecule has 0 rings (SSSR count). The molecule has 1 unspecified atom stereocenters. The van der Waals surface area contributed by atoms with Crippen molar-refractivity contribution < 1.29 is 48.1 Å². The zero-order valence-corrected chi connectivity index (χ0v) is 19.3. The summed E-state index contributed by atoms with van der Waals surface area (Å²) in [5, 5.41) is 0. The van der Waals surface area contributed by atoms with Gasteiger partial charge in [0.15, 0.2) is 0 Å². The molecule has 140 valence electrons. The van der Waals surface area contributed by atoms with Gasteiger partial charge in [-0.15, -0.1) is 0 Å². The molecule has 0 aromatic rings. The summed E-state index contributed by atoms with van der Waals surface area (Å²) in [5.74, 6) is 0. The molecule has 0 fully saturated rings. The second-order valence-electron chi connectivity index (χ2n) is 6.29. The van der Waals surface area contributed by atoms with Gasteiger partial charge >= 0.3 is 29.6 Å². The predicted molar refractivity (Wildman–Crippen MR) is 95.5 cm³/mol. The SMILES string of the molecule is CCCCCCCCCCCCCCCCOP(=O)([O-])OCC.[Na+]. The van der Waals surface area contributed by atoms with Crippen molar-refractivity contribution in [2.45, 2.75) is 104 Å². The summed E-state index contributed by atoms with van der Waals surface area (Å²) in [7, 11) is -4.03. The molecule has 0 aliphatic rings. The Balaban J connectivity index is 0. The summed E-state index contributed by atoms with van der Waals surface area (Å²) >= 11 is 0. The molecular formula is C18H38NaO4P. The molecule has 0 radical (unpaired) electrons. The molecule has 4 nitrogen and oxygen atoms in total. The molecule has 1 atom stereocenters. The van der Waals surface area contributed by atoms with Crippen LogP contribution in [0.25, 0.3) is 0 Å². The zero-order valence-electron chi connectivity index (χ0n) is 16.4. The van der Waals surface area contributed by atoms with Crippen LogP contribution in [-0.4, -0.2) is 13.2 Å². The van der Waals surface area contributed by atoms with Gasteiger partial charge in [0.2, 0.25) is 0 Å². The van der Waals surface area contributed by atoms with Crippen molar-refractivity contribution in [3.8, 4) is 0 Å². The smallest absolute Gasteiger partial charge is 0.756 e. The van der Waals surface area contributed by atoms with Crippen molar-refractivity contribution in [2.24, 2.45) is 0 Å². The van der Waals surface area contributed by atoms with Crippen molar-refractivity contribution in [1.29, 1.82) is 0 Å². The van der Waals surface area contributed by atoms with Crippen molar-refractivity contribution in [2.75, 3.05) is 13.2 Å². The number of rotatable bonds is 18. The van der Waals surface area contributed by atoms with Crippen molar-refractivity contribution in [1.82, 2.24) is 0 Å². The minimum atomic E-state index is -4.03. The molecular weight excluding hydrogens is 334 g/mol. The number of phosphoric ester groups is 1. The van der Waals surface area contributed by atoms with E-state index in [4.69, 9.17) is 4.52 Å². The first kappa shape index (κ1) is 27.3. The second kappa shape index (κ2) is 20.4. The van der Waals surface area contributed by atoms with Crippen LogP contribution in [-0.2, 0) is 13.6 Å².